The average Bonchev–Trinajstić information content (AvgIpc) is 3.51. The third-order valence-electron chi connectivity index (χ3n) is 5.68. The van der Waals surface area contributed by atoms with Gasteiger partial charge in [0.15, 0.2) is 0 Å². The second-order valence-electron chi connectivity index (χ2n) is 7.57. The fourth-order valence-electron chi connectivity index (χ4n) is 4.01. The summed E-state index contributed by atoms with van der Waals surface area (Å²) in [6.07, 6.45) is 0. The van der Waals surface area contributed by atoms with Gasteiger partial charge in [0.2, 0.25) is 0 Å². The van der Waals surface area contributed by atoms with Gasteiger partial charge in [0, 0.05) is 4.88 Å². The van der Waals surface area contributed by atoms with Crippen LogP contribution in [0.15, 0.2) is 65.6 Å². The SMILES string of the molecule is COc1ccc(OCCN2C(=O)C(=O)/C(=C(/O)c3c(OC)cccc3OC)C2c2cccs2)cc1. The largest absolute Gasteiger partial charge is 0.506 e. The number of likely N-dealkylation sites (tertiary alicyclic amines) is 1. The number of hydrogen-bond acceptors (Lipinski definition) is 8. The molecule has 9 heteroatoms. The van der Waals surface area contributed by atoms with Crippen LogP contribution in [0.1, 0.15) is 16.5 Å². The van der Waals surface area contributed by atoms with Gasteiger partial charge in [0.1, 0.15) is 40.9 Å². The van der Waals surface area contributed by atoms with E-state index in [1.165, 1.54) is 30.5 Å². The maximum Gasteiger partial charge on any atom is 0.295 e. The van der Waals surface area contributed by atoms with E-state index in [0.717, 1.165) is 4.88 Å². The molecule has 1 aliphatic rings. The van der Waals surface area contributed by atoms with Crippen molar-refractivity contribution in [1.82, 2.24) is 4.90 Å². The van der Waals surface area contributed by atoms with E-state index in [1.807, 2.05) is 17.5 Å². The number of aliphatic hydroxyl groups excluding tert-OH is 1. The van der Waals surface area contributed by atoms with Gasteiger partial charge in [0.25, 0.3) is 11.7 Å². The summed E-state index contributed by atoms with van der Waals surface area (Å²) in [6, 6.07) is 15.0. The van der Waals surface area contributed by atoms with Crippen molar-refractivity contribution in [2.24, 2.45) is 0 Å². The molecule has 2 heterocycles. The summed E-state index contributed by atoms with van der Waals surface area (Å²) < 4.78 is 21.7. The van der Waals surface area contributed by atoms with E-state index in [1.54, 1.807) is 49.6 Å². The van der Waals surface area contributed by atoms with E-state index in [2.05, 4.69) is 0 Å². The maximum atomic E-state index is 13.2. The van der Waals surface area contributed by atoms with Gasteiger partial charge >= 0.3 is 0 Å². The van der Waals surface area contributed by atoms with E-state index < -0.39 is 17.7 Å². The molecule has 1 saturated heterocycles. The van der Waals surface area contributed by atoms with Gasteiger partial charge in [-0.2, -0.15) is 0 Å². The number of Topliss-reactive ketones (excluding diaryl/α,β-unsaturated/α-hetero) is 1. The Bertz CT molecular complexity index is 1210. The number of thiophene rings is 1. The van der Waals surface area contributed by atoms with Gasteiger partial charge in [0.05, 0.1) is 39.5 Å². The third-order valence-corrected chi connectivity index (χ3v) is 6.60. The molecule has 0 bridgehead atoms. The first-order valence-corrected chi connectivity index (χ1v) is 11.7. The first-order valence-electron chi connectivity index (χ1n) is 10.8. The lowest BCUT2D eigenvalue weighted by Gasteiger charge is -2.24. The molecule has 0 saturated carbocycles. The van der Waals surface area contributed by atoms with E-state index in [9.17, 15) is 14.7 Å². The molecule has 2 aromatic carbocycles. The Morgan fingerprint density at radius 3 is 2.14 bits per heavy atom. The van der Waals surface area contributed by atoms with Crippen LogP contribution >= 0.6 is 11.3 Å². The monoisotopic (exact) mass is 495 g/mol. The smallest absolute Gasteiger partial charge is 0.295 e. The number of carbonyl (C=O) groups excluding carboxylic acids is 2. The molecule has 0 spiro atoms. The van der Waals surface area contributed by atoms with Crippen LogP contribution in [0, 0.1) is 0 Å². The highest BCUT2D eigenvalue weighted by molar-refractivity contribution is 7.10. The van der Waals surface area contributed by atoms with Crippen molar-refractivity contribution in [3.63, 3.8) is 0 Å². The minimum atomic E-state index is -0.779. The minimum absolute atomic E-state index is 0.0234. The number of ether oxygens (including phenoxy) is 4. The van der Waals surface area contributed by atoms with Crippen LogP contribution in [0.4, 0.5) is 0 Å². The Labute approximate surface area is 206 Å². The molecule has 0 aliphatic carbocycles. The molecule has 35 heavy (non-hydrogen) atoms. The quantitative estimate of drug-likeness (QED) is 0.269. The van der Waals surface area contributed by atoms with Gasteiger partial charge in [-0.15, -0.1) is 11.3 Å². The Balaban J connectivity index is 1.69. The molecule has 1 atom stereocenters. The molecule has 1 aromatic heterocycles. The van der Waals surface area contributed by atoms with E-state index >= 15 is 0 Å². The lowest BCUT2D eigenvalue weighted by Crippen LogP contribution is -2.33. The average molecular weight is 496 g/mol. The number of carbonyl (C=O) groups is 2. The van der Waals surface area contributed by atoms with Crippen molar-refractivity contribution < 1.29 is 33.6 Å². The molecule has 1 amide bonds. The molecule has 3 aromatic rings. The Morgan fingerprint density at radius 1 is 0.914 bits per heavy atom. The predicted molar refractivity (Wildman–Crippen MR) is 131 cm³/mol. The van der Waals surface area contributed by atoms with Crippen LogP contribution in [0.2, 0.25) is 0 Å². The van der Waals surface area contributed by atoms with Crippen molar-refractivity contribution in [3.8, 4) is 23.0 Å². The third kappa shape index (κ3) is 4.67. The zero-order chi connectivity index (χ0) is 24.9. The number of amides is 1. The Kier molecular flexibility index (Phi) is 7.26. The van der Waals surface area contributed by atoms with Crippen LogP contribution in [-0.4, -0.2) is 56.2 Å². The van der Waals surface area contributed by atoms with Gasteiger partial charge in [-0.3, -0.25) is 9.59 Å². The highest BCUT2D eigenvalue weighted by Crippen LogP contribution is 2.44. The zero-order valence-corrected chi connectivity index (χ0v) is 20.3. The first-order chi connectivity index (χ1) is 17.0. The van der Waals surface area contributed by atoms with E-state index in [-0.39, 0.29) is 30.0 Å². The summed E-state index contributed by atoms with van der Waals surface area (Å²) in [6.45, 7) is 0.290. The topological polar surface area (TPSA) is 94.5 Å². The molecule has 0 radical (unpaired) electrons. The molecule has 1 N–H and O–H groups in total. The van der Waals surface area contributed by atoms with Crippen LogP contribution in [-0.2, 0) is 9.59 Å². The summed E-state index contributed by atoms with van der Waals surface area (Å²) in [7, 11) is 4.49. The highest BCUT2D eigenvalue weighted by atomic mass is 32.1. The number of aliphatic hydroxyl groups is 1. The molecular formula is C26H25NO7S. The molecule has 182 valence electrons. The second kappa shape index (κ2) is 10.5. The van der Waals surface area contributed by atoms with Crippen molar-refractivity contribution in [2.75, 3.05) is 34.5 Å². The standard InChI is InChI=1S/C26H25NO7S/c1-31-16-9-11-17(12-10-16)34-14-13-27-23(20-8-5-15-35-20)22(25(29)26(27)30)24(28)21-18(32-2)6-4-7-19(21)33-3/h4-12,15,23,28H,13-14H2,1-3H3/b24-22+. The molecule has 1 aliphatic heterocycles. The molecule has 4 rings (SSSR count). The summed E-state index contributed by atoms with van der Waals surface area (Å²) in [5.41, 5.74) is 0.191. The first kappa shape index (κ1) is 24.2. The summed E-state index contributed by atoms with van der Waals surface area (Å²) in [5.74, 6) is 0.105. The van der Waals surface area contributed by atoms with Crippen molar-refractivity contribution >= 4 is 28.8 Å². The Morgan fingerprint density at radius 2 is 1.57 bits per heavy atom. The number of methoxy groups -OCH3 is 3. The van der Waals surface area contributed by atoms with Gasteiger partial charge < -0.3 is 29.0 Å². The van der Waals surface area contributed by atoms with Crippen LogP contribution < -0.4 is 18.9 Å². The van der Waals surface area contributed by atoms with Crippen molar-refractivity contribution in [3.05, 3.63) is 76.0 Å². The summed E-state index contributed by atoms with van der Waals surface area (Å²) in [4.78, 5) is 28.5. The van der Waals surface area contributed by atoms with Crippen LogP contribution in [0.25, 0.3) is 5.76 Å². The number of ketones is 1. The molecule has 8 nitrogen and oxygen atoms in total. The highest BCUT2D eigenvalue weighted by Gasteiger charge is 2.47. The molecule has 1 fully saturated rings. The second-order valence-corrected chi connectivity index (χ2v) is 8.55. The lowest BCUT2D eigenvalue weighted by molar-refractivity contribution is -0.140. The van der Waals surface area contributed by atoms with E-state index in [4.69, 9.17) is 18.9 Å². The van der Waals surface area contributed by atoms with Crippen LogP contribution in [0.3, 0.4) is 0 Å². The van der Waals surface area contributed by atoms with Gasteiger partial charge in [-0.25, -0.2) is 0 Å². The number of nitrogens with zero attached hydrogens (tertiary/aromatic N) is 1. The van der Waals surface area contributed by atoms with E-state index in [0.29, 0.717) is 23.0 Å². The molecular weight excluding hydrogens is 470 g/mol. The molecule has 1 unspecified atom stereocenters. The summed E-state index contributed by atoms with van der Waals surface area (Å²) in [5, 5.41) is 13.2. The van der Waals surface area contributed by atoms with Crippen LogP contribution in [0.5, 0.6) is 23.0 Å². The fourth-order valence-corrected chi connectivity index (χ4v) is 4.85. The number of hydrogen-bond donors (Lipinski definition) is 1. The summed E-state index contributed by atoms with van der Waals surface area (Å²) >= 11 is 1.39. The predicted octanol–water partition coefficient (Wildman–Crippen LogP) is 4.27. The van der Waals surface area contributed by atoms with Gasteiger partial charge in [-0.1, -0.05) is 12.1 Å². The van der Waals surface area contributed by atoms with Crippen molar-refractivity contribution in [1.29, 1.82) is 0 Å². The fraction of sp³-hybridized carbons (Fsp3) is 0.231. The normalized spacial score (nSPS) is 16.9. The Hall–Kier alpha value is -3.98. The van der Waals surface area contributed by atoms with Crippen molar-refractivity contribution in [2.45, 2.75) is 6.04 Å². The maximum absolute atomic E-state index is 13.2. The minimum Gasteiger partial charge on any atom is -0.506 e. The number of rotatable bonds is 9. The zero-order valence-electron chi connectivity index (χ0n) is 19.5. The van der Waals surface area contributed by atoms with Gasteiger partial charge in [-0.05, 0) is 47.8 Å². The lowest BCUT2D eigenvalue weighted by atomic mass is 9.98. The number of benzene rings is 2.